The van der Waals surface area contributed by atoms with Crippen LogP contribution in [0.25, 0.3) is 0 Å². The van der Waals surface area contributed by atoms with Gasteiger partial charge in [0, 0.05) is 16.1 Å². The van der Waals surface area contributed by atoms with Gasteiger partial charge in [-0.15, -0.1) is 0 Å². The first-order valence-electron chi connectivity index (χ1n) is 8.60. The van der Waals surface area contributed by atoms with Crippen LogP contribution in [0.15, 0.2) is 71.6 Å². The Bertz CT molecular complexity index is 1260. The van der Waals surface area contributed by atoms with Crippen LogP contribution in [0, 0.1) is 11.8 Å². The number of sulfonamides is 1. The summed E-state index contributed by atoms with van der Waals surface area (Å²) < 4.78 is 33.2. The second kappa shape index (κ2) is 8.91. The molecule has 0 amide bonds. The van der Waals surface area contributed by atoms with Gasteiger partial charge in [-0.2, -0.15) is 0 Å². The summed E-state index contributed by atoms with van der Waals surface area (Å²) in [5, 5.41) is 9.20. The van der Waals surface area contributed by atoms with E-state index in [2.05, 4.69) is 16.6 Å². The van der Waals surface area contributed by atoms with Crippen LogP contribution in [-0.2, 0) is 10.0 Å². The number of anilines is 1. The largest absolute Gasteiger partial charge is 0.495 e. The molecule has 2 N–H and O–H groups in total. The first-order valence-corrected chi connectivity index (χ1v) is 10.5. The van der Waals surface area contributed by atoms with Gasteiger partial charge >= 0.3 is 5.97 Å². The van der Waals surface area contributed by atoms with Crippen LogP contribution < -0.4 is 9.46 Å². The Morgan fingerprint density at radius 3 is 2.37 bits per heavy atom. The van der Waals surface area contributed by atoms with Crippen molar-refractivity contribution in [2.45, 2.75) is 4.90 Å². The fourth-order valence-electron chi connectivity index (χ4n) is 2.57. The van der Waals surface area contributed by atoms with Crippen molar-refractivity contribution in [1.82, 2.24) is 0 Å². The van der Waals surface area contributed by atoms with Gasteiger partial charge in [-0.1, -0.05) is 29.5 Å². The second-order valence-electron chi connectivity index (χ2n) is 6.11. The van der Waals surface area contributed by atoms with E-state index in [0.29, 0.717) is 16.8 Å². The minimum Gasteiger partial charge on any atom is -0.495 e. The third-order valence-corrected chi connectivity index (χ3v) is 5.65. The molecule has 0 aliphatic carbocycles. The minimum absolute atomic E-state index is 0.0764. The van der Waals surface area contributed by atoms with E-state index in [0.717, 1.165) is 0 Å². The highest BCUT2D eigenvalue weighted by Gasteiger charge is 2.20. The second-order valence-corrected chi connectivity index (χ2v) is 8.20. The maximum absolute atomic E-state index is 12.8. The average Bonchev–Trinajstić information content (AvgIpc) is 2.72. The van der Waals surface area contributed by atoms with Crippen molar-refractivity contribution in [2.24, 2.45) is 0 Å². The molecule has 0 saturated heterocycles. The molecule has 0 fully saturated rings. The Morgan fingerprint density at radius 1 is 1.00 bits per heavy atom. The number of carbonyl (C=O) groups is 1. The third kappa shape index (κ3) is 5.11. The number of nitrogens with one attached hydrogen (secondary N) is 1. The predicted octanol–water partition coefficient (Wildman–Crippen LogP) is 4.25. The Morgan fingerprint density at radius 2 is 1.70 bits per heavy atom. The molecule has 3 rings (SSSR count). The Kier molecular flexibility index (Phi) is 6.31. The van der Waals surface area contributed by atoms with Crippen molar-refractivity contribution < 1.29 is 23.1 Å². The lowest BCUT2D eigenvalue weighted by Gasteiger charge is -2.12. The number of carboxylic acid groups (broad SMARTS) is 1. The number of methoxy groups -OCH3 is 1. The van der Waals surface area contributed by atoms with Crippen molar-refractivity contribution in [2.75, 3.05) is 11.8 Å². The summed E-state index contributed by atoms with van der Waals surface area (Å²) in [4.78, 5) is 10.8. The van der Waals surface area contributed by atoms with Gasteiger partial charge in [0.15, 0.2) is 0 Å². The number of hydrogen-bond donors (Lipinski definition) is 2. The van der Waals surface area contributed by atoms with Crippen LogP contribution in [-0.4, -0.2) is 26.6 Å². The summed E-state index contributed by atoms with van der Waals surface area (Å²) in [6.45, 7) is 0. The molecule has 0 radical (unpaired) electrons. The molecule has 8 heteroatoms. The van der Waals surface area contributed by atoms with E-state index in [1.165, 1.54) is 31.4 Å². The molecule has 0 aliphatic rings. The monoisotopic (exact) mass is 441 g/mol. The molecule has 0 spiro atoms. The van der Waals surface area contributed by atoms with Gasteiger partial charge in [0.05, 0.1) is 18.4 Å². The summed E-state index contributed by atoms with van der Waals surface area (Å²) in [6.07, 6.45) is 0. The number of hydrogen-bond acceptors (Lipinski definition) is 4. The summed E-state index contributed by atoms with van der Waals surface area (Å²) in [6, 6.07) is 17.1. The zero-order chi connectivity index (χ0) is 21.7. The Balaban J connectivity index is 1.84. The van der Waals surface area contributed by atoms with Gasteiger partial charge in [0.1, 0.15) is 10.6 Å². The molecule has 30 heavy (non-hydrogen) atoms. The van der Waals surface area contributed by atoms with Crippen LogP contribution in [0.5, 0.6) is 5.75 Å². The number of ether oxygens (including phenoxy) is 1. The van der Waals surface area contributed by atoms with Crippen LogP contribution >= 0.6 is 11.6 Å². The van der Waals surface area contributed by atoms with E-state index in [1.54, 1.807) is 42.5 Å². The van der Waals surface area contributed by atoms with Gasteiger partial charge in [0.25, 0.3) is 10.0 Å². The van der Waals surface area contributed by atoms with E-state index < -0.39 is 16.0 Å². The lowest BCUT2D eigenvalue weighted by Crippen LogP contribution is -2.14. The number of halogens is 1. The smallest absolute Gasteiger partial charge is 0.335 e. The van der Waals surface area contributed by atoms with Crippen LogP contribution in [0.2, 0.25) is 5.02 Å². The lowest BCUT2D eigenvalue weighted by atomic mass is 10.1. The minimum atomic E-state index is -3.94. The maximum atomic E-state index is 12.8. The van der Waals surface area contributed by atoms with E-state index >= 15 is 0 Å². The van der Waals surface area contributed by atoms with Crippen molar-refractivity contribution in [1.29, 1.82) is 0 Å². The van der Waals surface area contributed by atoms with Crippen LogP contribution in [0.1, 0.15) is 21.5 Å². The summed E-state index contributed by atoms with van der Waals surface area (Å²) >= 11 is 5.94. The number of aromatic carboxylic acids is 1. The quantitative estimate of drug-likeness (QED) is 0.577. The van der Waals surface area contributed by atoms with Gasteiger partial charge in [-0.05, 0) is 60.7 Å². The molecular formula is C22H16ClNO5S. The summed E-state index contributed by atoms with van der Waals surface area (Å²) in [7, 11) is -2.56. The van der Waals surface area contributed by atoms with Gasteiger partial charge < -0.3 is 9.84 Å². The highest BCUT2D eigenvalue weighted by molar-refractivity contribution is 7.92. The molecule has 0 heterocycles. The number of carboxylic acids is 1. The number of benzene rings is 3. The summed E-state index contributed by atoms with van der Waals surface area (Å²) in [5.74, 6) is 5.01. The van der Waals surface area contributed by atoms with E-state index in [9.17, 15) is 13.2 Å². The highest BCUT2D eigenvalue weighted by atomic mass is 35.5. The van der Waals surface area contributed by atoms with Crippen molar-refractivity contribution in [3.63, 3.8) is 0 Å². The third-order valence-electron chi connectivity index (χ3n) is 4.01. The molecule has 0 saturated carbocycles. The highest BCUT2D eigenvalue weighted by Crippen LogP contribution is 2.28. The van der Waals surface area contributed by atoms with Crippen molar-refractivity contribution in [3.8, 4) is 17.6 Å². The van der Waals surface area contributed by atoms with E-state index in [1.807, 2.05) is 0 Å². The summed E-state index contributed by atoms with van der Waals surface area (Å²) in [5.41, 5.74) is 1.71. The fourth-order valence-corrected chi connectivity index (χ4v) is 4.05. The average molecular weight is 442 g/mol. The molecule has 6 nitrogen and oxygen atoms in total. The Hall–Kier alpha value is -3.47. The van der Waals surface area contributed by atoms with Gasteiger partial charge in [-0.3, -0.25) is 4.72 Å². The molecular weight excluding hydrogens is 426 g/mol. The molecule has 0 bridgehead atoms. The first-order chi connectivity index (χ1) is 14.3. The topological polar surface area (TPSA) is 92.7 Å². The zero-order valence-corrected chi connectivity index (χ0v) is 17.3. The molecule has 0 aromatic heterocycles. The van der Waals surface area contributed by atoms with Gasteiger partial charge in [0.2, 0.25) is 0 Å². The number of rotatable bonds is 5. The Labute approximate surface area is 179 Å². The van der Waals surface area contributed by atoms with Gasteiger partial charge in [-0.25, -0.2) is 13.2 Å². The molecule has 0 atom stereocenters. The lowest BCUT2D eigenvalue weighted by molar-refractivity contribution is 0.0697. The molecule has 152 valence electrons. The van der Waals surface area contributed by atoms with Crippen LogP contribution in [0.3, 0.4) is 0 Å². The predicted molar refractivity (Wildman–Crippen MR) is 115 cm³/mol. The van der Waals surface area contributed by atoms with Crippen molar-refractivity contribution >= 4 is 33.3 Å². The zero-order valence-electron chi connectivity index (χ0n) is 15.7. The normalized spacial score (nSPS) is 10.6. The SMILES string of the molecule is COc1ccc(Cl)cc1S(=O)(=O)Nc1cccc(C#Cc2ccc(C(=O)O)cc2)c1. The molecule has 0 unspecified atom stereocenters. The maximum Gasteiger partial charge on any atom is 0.335 e. The van der Waals surface area contributed by atoms with E-state index in [-0.39, 0.29) is 21.2 Å². The fraction of sp³-hybridized carbons (Fsp3) is 0.0455. The standard InChI is InChI=1S/C22H16ClNO5S/c1-29-20-12-11-18(23)14-21(20)30(27,28)24-19-4-2-3-16(13-19)6-5-15-7-9-17(10-8-15)22(25)26/h2-4,7-14,24H,1H3,(H,25,26). The first kappa shape index (κ1) is 21.2. The van der Waals surface area contributed by atoms with E-state index in [4.69, 9.17) is 21.4 Å². The molecule has 3 aromatic carbocycles. The molecule has 3 aromatic rings. The molecule has 0 aliphatic heterocycles. The van der Waals surface area contributed by atoms with Crippen LogP contribution in [0.4, 0.5) is 5.69 Å². The van der Waals surface area contributed by atoms with Crippen molar-refractivity contribution in [3.05, 3.63) is 88.4 Å².